The van der Waals surface area contributed by atoms with Gasteiger partial charge < -0.3 is 30.6 Å². The van der Waals surface area contributed by atoms with Gasteiger partial charge in [-0.3, -0.25) is 9.59 Å². The average molecular weight is 703 g/mol. The minimum atomic E-state index is -1.70. The van der Waals surface area contributed by atoms with Crippen molar-refractivity contribution in [1.82, 2.24) is 0 Å². The summed E-state index contributed by atoms with van der Waals surface area (Å²) in [6.07, 6.45) is 5.34. The van der Waals surface area contributed by atoms with Crippen LogP contribution in [0.3, 0.4) is 0 Å². The van der Waals surface area contributed by atoms with Gasteiger partial charge in [-0.25, -0.2) is 4.79 Å². The Balaban J connectivity index is 1.51. The van der Waals surface area contributed by atoms with Crippen molar-refractivity contribution in [2.45, 2.75) is 110 Å². The lowest BCUT2D eigenvalue weighted by Crippen LogP contribution is -2.69. The SMILES string of the molecule is CC(O)CC(C(=O)O)=C(O)C(O)CC(C)C1CC2(O)C=CC3(O)C4=C(C(=O)CC1(C)C42C)C1(C)CCC(=O)C(C)(C)C1C3C=Cc1ccccc1. The number of carbonyl (C=O) groups is 3. The number of carboxylic acid groups (broad SMARTS) is 1. The largest absolute Gasteiger partial charge is 0.509 e. The van der Waals surface area contributed by atoms with Crippen molar-refractivity contribution in [1.29, 1.82) is 0 Å². The molecule has 6 N–H and O–H groups in total. The molecule has 0 amide bonds. The fourth-order valence-electron chi connectivity index (χ4n) is 11.8. The summed E-state index contributed by atoms with van der Waals surface area (Å²) in [5.41, 5.74) is -5.35. The molecular formula is C42H54O9. The van der Waals surface area contributed by atoms with Crippen molar-refractivity contribution in [3.63, 3.8) is 0 Å². The lowest BCUT2D eigenvalue weighted by molar-refractivity contribution is -0.161. The predicted octanol–water partition coefficient (Wildman–Crippen LogP) is 5.73. The maximum absolute atomic E-state index is 14.9. The normalized spacial score (nSPS) is 40.4. The summed E-state index contributed by atoms with van der Waals surface area (Å²) < 4.78 is 0. The van der Waals surface area contributed by atoms with E-state index in [1.807, 2.05) is 77.1 Å². The fraction of sp³-hybridized carbons (Fsp3) is 0.595. The van der Waals surface area contributed by atoms with Crippen LogP contribution in [0.2, 0.25) is 0 Å². The molecule has 11 unspecified atom stereocenters. The number of benzene rings is 1. The molecule has 2 saturated carbocycles. The maximum Gasteiger partial charge on any atom is 0.335 e. The van der Waals surface area contributed by atoms with Gasteiger partial charge in [-0.15, -0.1) is 0 Å². The monoisotopic (exact) mass is 702 g/mol. The zero-order valence-corrected chi connectivity index (χ0v) is 30.8. The molecule has 51 heavy (non-hydrogen) atoms. The zero-order valence-electron chi connectivity index (χ0n) is 30.8. The Kier molecular flexibility index (Phi) is 8.86. The molecule has 5 aliphatic carbocycles. The van der Waals surface area contributed by atoms with E-state index in [1.54, 1.807) is 12.2 Å². The van der Waals surface area contributed by atoms with Gasteiger partial charge in [0.25, 0.3) is 0 Å². The minimum Gasteiger partial charge on any atom is -0.509 e. The summed E-state index contributed by atoms with van der Waals surface area (Å²) in [7, 11) is 0. The summed E-state index contributed by atoms with van der Waals surface area (Å²) in [5, 5.41) is 67.6. The van der Waals surface area contributed by atoms with Gasteiger partial charge in [0, 0.05) is 47.0 Å². The van der Waals surface area contributed by atoms with Crippen LogP contribution in [0.4, 0.5) is 0 Å². The Morgan fingerprint density at radius 3 is 2.24 bits per heavy atom. The highest BCUT2D eigenvalue weighted by molar-refractivity contribution is 6.02. The van der Waals surface area contributed by atoms with E-state index in [9.17, 15) is 45.0 Å². The number of hydrogen-bond acceptors (Lipinski definition) is 8. The van der Waals surface area contributed by atoms with Gasteiger partial charge >= 0.3 is 5.97 Å². The van der Waals surface area contributed by atoms with Gasteiger partial charge in [-0.1, -0.05) is 90.1 Å². The third-order valence-corrected chi connectivity index (χ3v) is 14.4. The smallest absolute Gasteiger partial charge is 0.335 e. The quantitative estimate of drug-likeness (QED) is 0.107. The van der Waals surface area contributed by atoms with Gasteiger partial charge in [-0.2, -0.15) is 0 Å². The van der Waals surface area contributed by atoms with E-state index in [1.165, 1.54) is 6.92 Å². The van der Waals surface area contributed by atoms with E-state index >= 15 is 0 Å². The van der Waals surface area contributed by atoms with E-state index in [0.29, 0.717) is 24.0 Å². The van der Waals surface area contributed by atoms with Crippen LogP contribution in [0, 0.1) is 45.3 Å². The first-order chi connectivity index (χ1) is 23.6. The first-order valence-corrected chi connectivity index (χ1v) is 18.3. The first kappa shape index (κ1) is 37.4. The van der Waals surface area contributed by atoms with Crippen LogP contribution >= 0.6 is 0 Å². The van der Waals surface area contributed by atoms with Crippen molar-refractivity contribution in [2.75, 3.05) is 0 Å². The number of Topliss-reactive ketones (excluding diaryl/α,β-unsaturated/α-hetero) is 2. The topological polar surface area (TPSA) is 173 Å². The number of allylic oxidation sites excluding steroid dienone is 1. The second-order valence-electron chi connectivity index (χ2n) is 17.6. The second kappa shape index (κ2) is 12.1. The number of hydrogen-bond donors (Lipinski definition) is 6. The summed E-state index contributed by atoms with van der Waals surface area (Å²) in [5.74, 6) is -4.01. The number of carbonyl (C=O) groups excluding carboxylic acids is 2. The van der Waals surface area contributed by atoms with Crippen LogP contribution in [0.15, 0.2) is 71.0 Å². The van der Waals surface area contributed by atoms with Crippen LogP contribution in [0.25, 0.3) is 6.08 Å². The third kappa shape index (κ3) is 5.12. The maximum atomic E-state index is 14.9. The summed E-state index contributed by atoms with van der Waals surface area (Å²) in [6.45, 7) is 13.1. The van der Waals surface area contributed by atoms with Gasteiger partial charge in [-0.05, 0) is 66.6 Å². The Morgan fingerprint density at radius 2 is 1.63 bits per heavy atom. The van der Waals surface area contributed by atoms with Crippen LogP contribution in [0.1, 0.15) is 92.6 Å². The molecule has 6 rings (SSSR count). The van der Waals surface area contributed by atoms with Gasteiger partial charge in [0.15, 0.2) is 5.78 Å². The highest BCUT2D eigenvalue weighted by Gasteiger charge is 2.78. The zero-order chi connectivity index (χ0) is 37.7. The lowest BCUT2D eigenvalue weighted by atomic mass is 9.36. The Bertz CT molecular complexity index is 1770. The molecule has 0 aliphatic heterocycles. The van der Waals surface area contributed by atoms with Gasteiger partial charge in [0.1, 0.15) is 23.2 Å². The molecule has 11 atom stereocenters. The first-order valence-electron chi connectivity index (χ1n) is 18.3. The molecule has 1 aromatic carbocycles. The highest BCUT2D eigenvalue weighted by atomic mass is 16.4. The van der Waals surface area contributed by atoms with Crippen LogP contribution in [-0.4, -0.2) is 71.6 Å². The van der Waals surface area contributed by atoms with Crippen LogP contribution in [0.5, 0.6) is 0 Å². The van der Waals surface area contributed by atoms with Crippen molar-refractivity contribution >= 4 is 23.6 Å². The number of aliphatic carboxylic acids is 1. The Morgan fingerprint density at radius 1 is 0.980 bits per heavy atom. The van der Waals surface area contributed by atoms with Gasteiger partial charge in [0.05, 0.1) is 17.3 Å². The molecule has 0 radical (unpaired) electrons. The summed E-state index contributed by atoms with van der Waals surface area (Å²) in [4.78, 5) is 40.4. The molecule has 2 fully saturated rings. The molecule has 9 heteroatoms. The lowest BCUT2D eigenvalue weighted by Gasteiger charge is -2.68. The molecule has 0 saturated heterocycles. The number of aliphatic hydroxyl groups excluding tert-OH is 3. The molecule has 0 heterocycles. The average Bonchev–Trinajstić information content (AvgIpc) is 3.23. The Labute approximate surface area is 300 Å². The standard InChI is InChI=1S/C42H54O9/c1-23(19-29(44)33(47)26(36(48)49)20-24(2)43)28-21-41(50)17-18-42(51)27(14-13-25-11-9-8-10-12-25)34-37(3,4)31(46)15-16-38(34,5)32-30(45)22-39(28,6)40(41,7)35(32)42/h8-14,17-18,23-24,27-29,34,43-44,47,50-51H,15-16,19-22H2,1-7H3,(H,48,49). The van der Waals surface area contributed by atoms with E-state index in [2.05, 4.69) is 6.92 Å². The molecule has 1 aromatic rings. The van der Waals surface area contributed by atoms with E-state index in [4.69, 9.17) is 0 Å². The third-order valence-electron chi connectivity index (χ3n) is 14.4. The number of aliphatic hydroxyl groups is 5. The van der Waals surface area contributed by atoms with E-state index in [0.717, 1.165) is 5.56 Å². The molecule has 0 bridgehead atoms. The van der Waals surface area contributed by atoms with Gasteiger partial charge in [0.2, 0.25) is 0 Å². The molecule has 0 aromatic heterocycles. The molecular weight excluding hydrogens is 648 g/mol. The minimum absolute atomic E-state index is 0.0541. The van der Waals surface area contributed by atoms with Crippen molar-refractivity contribution in [3.05, 3.63) is 76.6 Å². The Hall–Kier alpha value is -3.37. The predicted molar refractivity (Wildman–Crippen MR) is 192 cm³/mol. The molecule has 0 spiro atoms. The number of rotatable bonds is 9. The van der Waals surface area contributed by atoms with Crippen molar-refractivity contribution in [3.8, 4) is 0 Å². The number of carboxylic acids is 1. The second-order valence-corrected chi connectivity index (χ2v) is 17.6. The van der Waals surface area contributed by atoms with Crippen LogP contribution in [-0.2, 0) is 14.4 Å². The number of fused-ring (bicyclic) bond motifs is 2. The molecule has 9 nitrogen and oxygen atoms in total. The highest BCUT2D eigenvalue weighted by Crippen LogP contribution is 2.78. The fourth-order valence-corrected chi connectivity index (χ4v) is 11.8. The molecule has 5 aliphatic rings. The van der Waals surface area contributed by atoms with Crippen molar-refractivity contribution in [2.24, 2.45) is 45.3 Å². The van der Waals surface area contributed by atoms with Crippen LogP contribution < -0.4 is 0 Å². The van der Waals surface area contributed by atoms with E-state index < -0.39 is 86.0 Å². The summed E-state index contributed by atoms with van der Waals surface area (Å²) in [6, 6.07) is 9.73. The molecule has 276 valence electrons. The summed E-state index contributed by atoms with van der Waals surface area (Å²) >= 11 is 0. The van der Waals surface area contributed by atoms with Crippen molar-refractivity contribution < 1.29 is 45.0 Å². The number of ketones is 2. The van der Waals surface area contributed by atoms with E-state index in [-0.39, 0.29) is 37.2 Å².